The molecule has 11 rings (SSSR count). The van der Waals surface area contributed by atoms with Crippen LogP contribution in [-0.4, -0.2) is 0 Å². The molecule has 0 saturated heterocycles. The van der Waals surface area contributed by atoms with Gasteiger partial charge in [-0.05, 0) is 122 Å². The summed E-state index contributed by atoms with van der Waals surface area (Å²) in [6.07, 6.45) is 0. The van der Waals surface area contributed by atoms with Crippen molar-refractivity contribution in [3.05, 3.63) is 237 Å². The highest BCUT2D eigenvalue weighted by Gasteiger charge is 2.18. The molecule has 0 aliphatic heterocycles. The van der Waals surface area contributed by atoms with Gasteiger partial charge >= 0.3 is 0 Å². The average Bonchev–Trinajstić information content (AvgIpc) is 3.71. The highest BCUT2D eigenvalue weighted by molar-refractivity contribution is 6.06. The Hall–Kier alpha value is -7.94. The lowest BCUT2D eigenvalue weighted by atomic mass is 9.96. The van der Waals surface area contributed by atoms with E-state index in [9.17, 15) is 0 Å². The predicted molar refractivity (Wildman–Crippen MR) is 253 cm³/mol. The van der Waals surface area contributed by atoms with Gasteiger partial charge in [0.2, 0.25) is 0 Å². The molecule has 0 unspecified atom stereocenters. The number of rotatable bonds is 8. The van der Waals surface area contributed by atoms with Crippen LogP contribution in [0.5, 0.6) is 0 Å². The van der Waals surface area contributed by atoms with Crippen LogP contribution < -0.4 is 4.90 Å². The maximum Gasteiger partial charge on any atom is 0.136 e. The van der Waals surface area contributed by atoms with E-state index in [1.807, 2.05) is 12.1 Å². The van der Waals surface area contributed by atoms with Crippen molar-refractivity contribution in [2.45, 2.75) is 0 Å². The maximum atomic E-state index is 6.26. The summed E-state index contributed by atoms with van der Waals surface area (Å²) in [7, 11) is 0. The summed E-state index contributed by atoms with van der Waals surface area (Å²) in [6.45, 7) is 0. The van der Waals surface area contributed by atoms with Crippen LogP contribution in [0.15, 0.2) is 241 Å². The molecular formula is C58H39NO. The van der Waals surface area contributed by atoms with E-state index in [0.29, 0.717) is 0 Å². The minimum absolute atomic E-state index is 0.898. The molecule has 11 aromatic rings. The van der Waals surface area contributed by atoms with Gasteiger partial charge in [-0.2, -0.15) is 0 Å². The fraction of sp³-hybridized carbons (Fsp3) is 0. The van der Waals surface area contributed by atoms with Crippen LogP contribution in [0, 0.1) is 0 Å². The minimum atomic E-state index is 0.898. The van der Waals surface area contributed by atoms with Crippen molar-refractivity contribution in [1.29, 1.82) is 0 Å². The number of hydrogen-bond acceptors (Lipinski definition) is 2. The topological polar surface area (TPSA) is 16.4 Å². The van der Waals surface area contributed by atoms with E-state index < -0.39 is 0 Å². The van der Waals surface area contributed by atoms with Crippen LogP contribution in [-0.2, 0) is 0 Å². The van der Waals surface area contributed by atoms with Crippen LogP contribution >= 0.6 is 0 Å². The molecule has 1 heterocycles. The highest BCUT2D eigenvalue weighted by Crippen LogP contribution is 2.43. The minimum Gasteiger partial charge on any atom is -0.456 e. The number of hydrogen-bond donors (Lipinski definition) is 0. The van der Waals surface area contributed by atoms with Gasteiger partial charge in [-0.25, -0.2) is 0 Å². The summed E-state index contributed by atoms with van der Waals surface area (Å²) in [5.74, 6) is 0. The molecular weight excluding hydrogens is 727 g/mol. The Kier molecular flexibility index (Phi) is 8.87. The molecule has 0 amide bonds. The van der Waals surface area contributed by atoms with E-state index >= 15 is 0 Å². The van der Waals surface area contributed by atoms with Crippen molar-refractivity contribution in [2.24, 2.45) is 0 Å². The third-order valence-electron chi connectivity index (χ3n) is 11.7. The smallest absolute Gasteiger partial charge is 0.136 e. The third kappa shape index (κ3) is 6.61. The van der Waals surface area contributed by atoms with Gasteiger partial charge in [-0.3, -0.25) is 0 Å². The van der Waals surface area contributed by atoms with E-state index in [-0.39, 0.29) is 0 Å². The maximum absolute atomic E-state index is 6.26. The van der Waals surface area contributed by atoms with Crippen molar-refractivity contribution < 1.29 is 4.42 Å². The quantitative estimate of drug-likeness (QED) is 0.153. The Bertz CT molecular complexity index is 3290. The van der Waals surface area contributed by atoms with Crippen LogP contribution in [0.25, 0.3) is 88.3 Å². The summed E-state index contributed by atoms with van der Waals surface area (Å²) in [6, 6.07) is 84.9. The Morgan fingerprint density at radius 1 is 0.267 bits per heavy atom. The van der Waals surface area contributed by atoms with Crippen molar-refractivity contribution in [3.8, 4) is 55.6 Å². The zero-order valence-electron chi connectivity index (χ0n) is 32.9. The van der Waals surface area contributed by atoms with Gasteiger partial charge in [0.05, 0.1) is 5.69 Å². The SMILES string of the molecule is c1ccc(-c2ccc(-c3ccccc3N(c3ccc(-c4cccc(-c5ccc6ccccc6c5)c4)cc3)c3ccc(-c4ccc5c(c4)oc4ccccc45)cc3)cc2)cc1. The van der Waals surface area contributed by atoms with Crippen molar-refractivity contribution in [1.82, 2.24) is 0 Å². The van der Waals surface area contributed by atoms with Gasteiger partial charge in [-0.1, -0.05) is 176 Å². The van der Waals surface area contributed by atoms with Crippen molar-refractivity contribution >= 4 is 49.8 Å². The molecule has 0 bridgehead atoms. The molecule has 282 valence electrons. The average molecular weight is 766 g/mol. The van der Waals surface area contributed by atoms with Gasteiger partial charge in [0, 0.05) is 27.7 Å². The van der Waals surface area contributed by atoms with E-state index in [1.165, 1.54) is 44.2 Å². The van der Waals surface area contributed by atoms with Crippen LogP contribution in [0.4, 0.5) is 17.1 Å². The Morgan fingerprint density at radius 3 is 1.52 bits per heavy atom. The van der Waals surface area contributed by atoms with Crippen molar-refractivity contribution in [2.75, 3.05) is 4.90 Å². The molecule has 0 aliphatic rings. The monoisotopic (exact) mass is 765 g/mol. The van der Waals surface area contributed by atoms with E-state index in [2.05, 4.69) is 229 Å². The van der Waals surface area contributed by atoms with Crippen molar-refractivity contribution in [3.63, 3.8) is 0 Å². The Labute approximate surface area is 349 Å². The lowest BCUT2D eigenvalue weighted by Gasteiger charge is -2.28. The number of benzene rings is 10. The zero-order chi connectivity index (χ0) is 39.8. The molecule has 0 saturated carbocycles. The molecule has 0 fully saturated rings. The standard InChI is InChI=1S/C58H39NO/c1-2-11-40(12-3-1)42-21-24-45(25-22-42)53-17-6-8-19-56(53)59(52-34-29-44(30-35-52)50-31-36-55-54-18-7-9-20-57(54)60-58(55)39-50)51-32-27-43(28-33-51)47-15-10-16-48(37-47)49-26-23-41-13-4-5-14-46(41)38-49/h1-39H. The third-order valence-corrected chi connectivity index (χ3v) is 11.7. The first-order valence-corrected chi connectivity index (χ1v) is 20.5. The lowest BCUT2D eigenvalue weighted by Crippen LogP contribution is -2.11. The van der Waals surface area contributed by atoms with Crippen LogP contribution in [0.2, 0.25) is 0 Å². The number of furan rings is 1. The first kappa shape index (κ1) is 35.2. The molecule has 0 radical (unpaired) electrons. The molecule has 0 atom stereocenters. The van der Waals surface area contributed by atoms with Crippen LogP contribution in [0.3, 0.4) is 0 Å². The first-order chi connectivity index (χ1) is 29.7. The molecule has 2 nitrogen and oxygen atoms in total. The van der Waals surface area contributed by atoms with Gasteiger partial charge in [0.15, 0.2) is 0 Å². The summed E-state index contributed by atoms with van der Waals surface area (Å²) in [5, 5.41) is 4.77. The van der Waals surface area contributed by atoms with Gasteiger partial charge in [0.25, 0.3) is 0 Å². The number of fused-ring (bicyclic) bond motifs is 4. The molecule has 0 spiro atoms. The summed E-state index contributed by atoms with van der Waals surface area (Å²) in [4.78, 5) is 2.38. The fourth-order valence-electron chi connectivity index (χ4n) is 8.57. The normalized spacial score (nSPS) is 11.3. The molecule has 0 aliphatic carbocycles. The Balaban J connectivity index is 0.973. The van der Waals surface area contributed by atoms with E-state index in [4.69, 9.17) is 4.42 Å². The molecule has 0 N–H and O–H groups in total. The second-order valence-electron chi connectivity index (χ2n) is 15.3. The van der Waals surface area contributed by atoms with E-state index in [0.717, 1.165) is 61.3 Å². The number of nitrogens with zero attached hydrogens (tertiary/aromatic N) is 1. The first-order valence-electron chi connectivity index (χ1n) is 20.5. The second-order valence-corrected chi connectivity index (χ2v) is 15.3. The summed E-state index contributed by atoms with van der Waals surface area (Å²) in [5.41, 5.74) is 16.8. The highest BCUT2D eigenvalue weighted by atomic mass is 16.3. The lowest BCUT2D eigenvalue weighted by molar-refractivity contribution is 0.669. The molecule has 1 aromatic heterocycles. The zero-order valence-corrected chi connectivity index (χ0v) is 32.9. The predicted octanol–water partition coefficient (Wildman–Crippen LogP) is 16.5. The number of para-hydroxylation sites is 2. The van der Waals surface area contributed by atoms with Gasteiger partial charge < -0.3 is 9.32 Å². The van der Waals surface area contributed by atoms with Crippen LogP contribution in [0.1, 0.15) is 0 Å². The summed E-state index contributed by atoms with van der Waals surface area (Å²) < 4.78 is 6.26. The Morgan fingerprint density at radius 2 is 0.750 bits per heavy atom. The molecule has 60 heavy (non-hydrogen) atoms. The van der Waals surface area contributed by atoms with E-state index in [1.54, 1.807) is 0 Å². The fourth-order valence-corrected chi connectivity index (χ4v) is 8.57. The largest absolute Gasteiger partial charge is 0.456 e. The molecule has 10 aromatic carbocycles. The van der Waals surface area contributed by atoms with Gasteiger partial charge in [-0.15, -0.1) is 0 Å². The molecule has 2 heteroatoms. The summed E-state index contributed by atoms with van der Waals surface area (Å²) >= 11 is 0. The number of anilines is 3. The second kappa shape index (κ2) is 15.1. The van der Waals surface area contributed by atoms with Gasteiger partial charge in [0.1, 0.15) is 11.2 Å².